The minimum absolute atomic E-state index is 0.727. The molecule has 0 saturated heterocycles. The van der Waals surface area contributed by atoms with Crippen LogP contribution in [0.3, 0.4) is 0 Å². The maximum Gasteiger partial charge on any atom is 0.0952 e. The first-order valence-electron chi connectivity index (χ1n) is 7.22. The molecule has 0 spiro atoms. The Hall–Kier alpha value is -0.0600. The monoisotopic (exact) mass is 344 g/mol. The molecule has 0 unspecified atom stereocenters. The third-order valence-electron chi connectivity index (χ3n) is 4.30. The van der Waals surface area contributed by atoms with Crippen molar-refractivity contribution in [2.45, 2.75) is 51.6 Å². The van der Waals surface area contributed by atoms with E-state index in [1.165, 1.54) is 40.0 Å². The molecule has 2 rings (SSSR count). The van der Waals surface area contributed by atoms with Gasteiger partial charge in [-0.3, -0.25) is 0 Å². The summed E-state index contributed by atoms with van der Waals surface area (Å²) in [4.78, 5) is 5.01. The molecule has 0 radical (unpaired) electrons. The fourth-order valence-electron chi connectivity index (χ4n) is 3.17. The number of thiophene rings is 1. The summed E-state index contributed by atoms with van der Waals surface area (Å²) in [5.74, 6) is 0. The van der Waals surface area contributed by atoms with E-state index in [-0.39, 0.29) is 0 Å². The molecule has 1 heterocycles. The Morgan fingerprint density at radius 1 is 1.21 bits per heavy atom. The molecule has 2 nitrogen and oxygen atoms in total. The lowest BCUT2D eigenvalue weighted by Crippen LogP contribution is -2.42. The zero-order chi connectivity index (χ0) is 14.0. The first kappa shape index (κ1) is 15.3. The van der Waals surface area contributed by atoms with Crippen LogP contribution in [0, 0.1) is 6.92 Å². The fraction of sp³-hybridized carbons (Fsp3) is 0.733. The summed E-state index contributed by atoms with van der Waals surface area (Å²) in [5, 5.41) is 1.46. The molecular weight excluding hydrogens is 320 g/mol. The second-order valence-corrected chi connectivity index (χ2v) is 8.16. The van der Waals surface area contributed by atoms with Crippen LogP contribution >= 0.6 is 27.3 Å². The lowest BCUT2D eigenvalue weighted by molar-refractivity contribution is 0.214. The van der Waals surface area contributed by atoms with Crippen molar-refractivity contribution < 1.29 is 0 Å². The highest BCUT2D eigenvalue weighted by Gasteiger charge is 2.27. The number of rotatable bonds is 4. The van der Waals surface area contributed by atoms with Crippen LogP contribution in [0.2, 0.25) is 0 Å². The van der Waals surface area contributed by atoms with Crippen LogP contribution < -0.4 is 4.90 Å². The van der Waals surface area contributed by atoms with E-state index < -0.39 is 0 Å². The third-order valence-corrected chi connectivity index (χ3v) is 6.08. The number of nitrogens with zero attached hydrogens (tertiary/aromatic N) is 2. The van der Waals surface area contributed by atoms with Gasteiger partial charge >= 0.3 is 0 Å². The Labute approximate surface area is 129 Å². The van der Waals surface area contributed by atoms with Gasteiger partial charge in [-0.1, -0.05) is 0 Å². The van der Waals surface area contributed by atoms with Gasteiger partial charge in [0, 0.05) is 18.6 Å². The van der Waals surface area contributed by atoms with E-state index in [2.05, 4.69) is 59.7 Å². The summed E-state index contributed by atoms with van der Waals surface area (Å²) >= 11 is 5.50. The van der Waals surface area contributed by atoms with Crippen molar-refractivity contribution in [2.24, 2.45) is 0 Å². The smallest absolute Gasteiger partial charge is 0.0952 e. The van der Waals surface area contributed by atoms with E-state index in [4.69, 9.17) is 0 Å². The van der Waals surface area contributed by atoms with Gasteiger partial charge in [0.15, 0.2) is 0 Å². The zero-order valence-corrected chi connectivity index (χ0v) is 14.9. The molecule has 108 valence electrons. The van der Waals surface area contributed by atoms with Gasteiger partial charge in [0.1, 0.15) is 0 Å². The second-order valence-electron chi connectivity index (χ2n) is 5.75. The molecule has 1 saturated carbocycles. The van der Waals surface area contributed by atoms with Gasteiger partial charge in [0.05, 0.1) is 8.79 Å². The Morgan fingerprint density at radius 3 is 2.21 bits per heavy atom. The van der Waals surface area contributed by atoms with Gasteiger partial charge in [-0.15, -0.1) is 11.3 Å². The highest BCUT2D eigenvalue weighted by atomic mass is 79.9. The minimum Gasteiger partial charge on any atom is -0.360 e. The van der Waals surface area contributed by atoms with Gasteiger partial charge in [0.25, 0.3) is 0 Å². The molecule has 0 bridgehead atoms. The van der Waals surface area contributed by atoms with Gasteiger partial charge in [-0.25, -0.2) is 0 Å². The lowest BCUT2D eigenvalue weighted by Gasteiger charge is -2.39. The molecule has 1 fully saturated rings. The van der Waals surface area contributed by atoms with E-state index >= 15 is 0 Å². The van der Waals surface area contributed by atoms with Crippen LogP contribution in [-0.2, 0) is 0 Å². The molecule has 4 heteroatoms. The highest BCUT2D eigenvalue weighted by Crippen LogP contribution is 2.38. The molecule has 1 aromatic heterocycles. The van der Waals surface area contributed by atoms with E-state index in [0.717, 1.165) is 18.6 Å². The number of halogens is 1. The van der Waals surface area contributed by atoms with Gasteiger partial charge in [0.2, 0.25) is 0 Å². The predicted octanol–water partition coefficient (Wildman–Crippen LogP) is 4.52. The van der Waals surface area contributed by atoms with Gasteiger partial charge < -0.3 is 9.80 Å². The zero-order valence-electron chi connectivity index (χ0n) is 12.4. The van der Waals surface area contributed by atoms with Crippen molar-refractivity contribution in [3.63, 3.8) is 0 Å². The van der Waals surface area contributed by atoms with Crippen molar-refractivity contribution in [3.8, 4) is 0 Å². The maximum absolute atomic E-state index is 3.62. The van der Waals surface area contributed by atoms with Crippen LogP contribution in [-0.4, -0.2) is 37.6 Å². The maximum atomic E-state index is 3.62. The third kappa shape index (κ3) is 3.53. The summed E-state index contributed by atoms with van der Waals surface area (Å²) in [6.07, 6.45) is 5.32. The van der Waals surface area contributed by atoms with E-state index in [1.807, 2.05) is 11.3 Å². The molecule has 0 aliphatic heterocycles. The predicted molar refractivity (Wildman–Crippen MR) is 89.5 cm³/mol. The number of anilines is 1. The van der Waals surface area contributed by atoms with Crippen molar-refractivity contribution in [1.29, 1.82) is 0 Å². The van der Waals surface area contributed by atoms with Crippen LogP contribution in [0.25, 0.3) is 0 Å². The van der Waals surface area contributed by atoms with Gasteiger partial charge in [-0.05, 0) is 81.2 Å². The molecule has 0 aromatic carbocycles. The Bertz CT molecular complexity index is 408. The summed E-state index contributed by atoms with van der Waals surface area (Å²) in [7, 11) is 4.42. The van der Waals surface area contributed by atoms with Crippen LogP contribution in [0.5, 0.6) is 0 Å². The normalized spacial score (nSPS) is 23.9. The van der Waals surface area contributed by atoms with Gasteiger partial charge in [-0.2, -0.15) is 0 Å². The Morgan fingerprint density at radius 2 is 1.79 bits per heavy atom. The summed E-state index contributed by atoms with van der Waals surface area (Å²) < 4.78 is 1.25. The Kier molecular flexibility index (Phi) is 5.32. The molecule has 1 aliphatic rings. The molecule has 19 heavy (non-hydrogen) atoms. The largest absolute Gasteiger partial charge is 0.360 e. The van der Waals surface area contributed by atoms with Crippen LogP contribution in [0.15, 0.2) is 9.85 Å². The van der Waals surface area contributed by atoms with Crippen LogP contribution in [0.1, 0.15) is 38.2 Å². The Balaban J connectivity index is 2.06. The topological polar surface area (TPSA) is 6.48 Å². The van der Waals surface area contributed by atoms with E-state index in [0.29, 0.717) is 0 Å². The summed E-state index contributed by atoms with van der Waals surface area (Å²) in [6.45, 7) is 5.63. The number of hydrogen-bond acceptors (Lipinski definition) is 3. The first-order chi connectivity index (χ1) is 9.02. The molecule has 1 aliphatic carbocycles. The van der Waals surface area contributed by atoms with E-state index in [1.54, 1.807) is 0 Å². The standard InChI is InChI=1S/C15H25BrN2S/c1-5-18(15-11(2)10-14(16)19-15)13-8-6-12(7-9-13)17(3)4/h10,12-13H,5-9H2,1-4H3. The van der Waals surface area contributed by atoms with Crippen molar-refractivity contribution >= 4 is 32.3 Å². The summed E-state index contributed by atoms with van der Waals surface area (Å²) in [6, 6.07) is 3.75. The minimum atomic E-state index is 0.727. The quantitative estimate of drug-likeness (QED) is 0.792. The first-order valence-corrected chi connectivity index (χ1v) is 8.82. The number of hydrogen-bond donors (Lipinski definition) is 0. The van der Waals surface area contributed by atoms with E-state index in [9.17, 15) is 0 Å². The molecular formula is C15H25BrN2S. The fourth-order valence-corrected chi connectivity index (χ4v) is 5.01. The summed E-state index contributed by atoms with van der Waals surface area (Å²) in [5.41, 5.74) is 1.41. The highest BCUT2D eigenvalue weighted by molar-refractivity contribution is 9.11. The average Bonchev–Trinajstić information content (AvgIpc) is 2.70. The number of aryl methyl sites for hydroxylation is 1. The molecule has 0 amide bonds. The SMILES string of the molecule is CCN(c1sc(Br)cc1C)C1CCC(N(C)C)CC1. The molecule has 0 N–H and O–H groups in total. The van der Waals surface area contributed by atoms with Crippen molar-refractivity contribution in [2.75, 3.05) is 25.5 Å². The molecule has 1 aromatic rings. The second kappa shape index (κ2) is 6.59. The van der Waals surface area contributed by atoms with Crippen LogP contribution in [0.4, 0.5) is 5.00 Å². The average molecular weight is 345 g/mol. The lowest BCUT2D eigenvalue weighted by atomic mass is 9.89. The van der Waals surface area contributed by atoms with Crippen molar-refractivity contribution in [1.82, 2.24) is 4.90 Å². The molecule has 0 atom stereocenters. The van der Waals surface area contributed by atoms with Crippen molar-refractivity contribution in [3.05, 3.63) is 15.4 Å².